The second-order valence-corrected chi connectivity index (χ2v) is 5.81. The molecule has 124 valence electrons. The Balaban J connectivity index is 2.11. The van der Waals surface area contributed by atoms with E-state index in [9.17, 15) is 0 Å². The fourth-order valence-electron chi connectivity index (χ4n) is 2.77. The molecule has 0 saturated carbocycles. The molecular formula is C20H23N3O. The Bertz CT molecular complexity index is 835. The molecule has 0 amide bonds. The summed E-state index contributed by atoms with van der Waals surface area (Å²) in [7, 11) is 0. The molecule has 0 unspecified atom stereocenters. The summed E-state index contributed by atoms with van der Waals surface area (Å²) in [4.78, 5) is 0. The maximum absolute atomic E-state index is 5.82. The van der Waals surface area contributed by atoms with Crippen LogP contribution in [0.25, 0.3) is 16.9 Å². The maximum Gasteiger partial charge on any atom is 0.119 e. The van der Waals surface area contributed by atoms with Gasteiger partial charge in [0.15, 0.2) is 0 Å². The minimum Gasteiger partial charge on any atom is -0.494 e. The fourth-order valence-corrected chi connectivity index (χ4v) is 2.77. The standard InChI is InChI=1S/C20H23N3O/c1-4-24-18-10-8-16(9-11-18)20-12-17(13-21)22-23(20)19-7-5-6-14(2)15(19)3/h5-12H,4,13,21H2,1-3H3. The van der Waals surface area contributed by atoms with E-state index in [2.05, 4.69) is 50.2 Å². The van der Waals surface area contributed by atoms with Crippen molar-refractivity contribution < 1.29 is 4.74 Å². The van der Waals surface area contributed by atoms with E-state index >= 15 is 0 Å². The van der Waals surface area contributed by atoms with E-state index < -0.39 is 0 Å². The second-order valence-electron chi connectivity index (χ2n) is 5.81. The Kier molecular flexibility index (Phi) is 4.67. The van der Waals surface area contributed by atoms with Crippen molar-refractivity contribution in [2.75, 3.05) is 6.61 Å². The van der Waals surface area contributed by atoms with E-state index in [-0.39, 0.29) is 0 Å². The first-order valence-electron chi connectivity index (χ1n) is 8.23. The van der Waals surface area contributed by atoms with Gasteiger partial charge in [0, 0.05) is 12.1 Å². The molecule has 1 heterocycles. The van der Waals surface area contributed by atoms with Crippen molar-refractivity contribution in [1.82, 2.24) is 9.78 Å². The van der Waals surface area contributed by atoms with Crippen molar-refractivity contribution in [2.24, 2.45) is 5.73 Å². The van der Waals surface area contributed by atoms with E-state index in [4.69, 9.17) is 15.6 Å². The molecule has 3 rings (SSSR count). The highest BCUT2D eigenvalue weighted by Crippen LogP contribution is 2.28. The summed E-state index contributed by atoms with van der Waals surface area (Å²) < 4.78 is 7.52. The Morgan fingerprint density at radius 1 is 1.08 bits per heavy atom. The molecular weight excluding hydrogens is 298 g/mol. The van der Waals surface area contributed by atoms with Crippen LogP contribution in [0.2, 0.25) is 0 Å². The lowest BCUT2D eigenvalue weighted by Crippen LogP contribution is -2.04. The molecule has 0 aliphatic heterocycles. The van der Waals surface area contributed by atoms with Crippen LogP contribution in [0.1, 0.15) is 23.7 Å². The van der Waals surface area contributed by atoms with Crippen molar-refractivity contribution in [2.45, 2.75) is 27.3 Å². The van der Waals surface area contributed by atoms with Crippen LogP contribution in [-0.2, 0) is 6.54 Å². The number of nitrogens with zero attached hydrogens (tertiary/aromatic N) is 2. The third-order valence-corrected chi connectivity index (χ3v) is 4.23. The molecule has 0 saturated heterocycles. The van der Waals surface area contributed by atoms with E-state index in [1.54, 1.807) is 0 Å². The lowest BCUT2D eigenvalue weighted by molar-refractivity contribution is 0.340. The molecule has 0 aliphatic rings. The summed E-state index contributed by atoms with van der Waals surface area (Å²) in [6, 6.07) is 16.4. The Hall–Kier alpha value is -2.59. The van der Waals surface area contributed by atoms with Gasteiger partial charge in [-0.15, -0.1) is 0 Å². The predicted octanol–water partition coefficient (Wildman–Crippen LogP) is 4.01. The third kappa shape index (κ3) is 3.05. The average Bonchev–Trinajstić information content (AvgIpc) is 3.02. The quantitative estimate of drug-likeness (QED) is 0.772. The SMILES string of the molecule is CCOc1ccc(-c2cc(CN)nn2-c2cccc(C)c2C)cc1. The summed E-state index contributed by atoms with van der Waals surface area (Å²) in [5.41, 5.74) is 12.4. The summed E-state index contributed by atoms with van der Waals surface area (Å²) in [5, 5.41) is 4.70. The van der Waals surface area contributed by atoms with Gasteiger partial charge in [-0.1, -0.05) is 12.1 Å². The Morgan fingerprint density at radius 2 is 1.83 bits per heavy atom. The van der Waals surface area contributed by atoms with Crippen LogP contribution in [0.4, 0.5) is 0 Å². The molecule has 24 heavy (non-hydrogen) atoms. The van der Waals surface area contributed by atoms with Crippen molar-refractivity contribution >= 4 is 0 Å². The van der Waals surface area contributed by atoms with E-state index in [0.29, 0.717) is 13.2 Å². The van der Waals surface area contributed by atoms with Gasteiger partial charge in [0.25, 0.3) is 0 Å². The predicted molar refractivity (Wildman–Crippen MR) is 97.5 cm³/mol. The van der Waals surface area contributed by atoms with Crippen molar-refractivity contribution in [3.05, 3.63) is 65.4 Å². The lowest BCUT2D eigenvalue weighted by Gasteiger charge is -2.12. The molecule has 0 fully saturated rings. The number of ether oxygens (including phenoxy) is 1. The molecule has 3 aromatic rings. The van der Waals surface area contributed by atoms with Crippen molar-refractivity contribution in [3.63, 3.8) is 0 Å². The number of nitrogens with two attached hydrogens (primary N) is 1. The number of hydrogen-bond donors (Lipinski definition) is 1. The highest BCUT2D eigenvalue weighted by molar-refractivity contribution is 5.64. The highest BCUT2D eigenvalue weighted by atomic mass is 16.5. The topological polar surface area (TPSA) is 53.1 Å². The molecule has 0 atom stereocenters. The van der Waals surface area contributed by atoms with Crippen molar-refractivity contribution in [1.29, 1.82) is 0 Å². The van der Waals surface area contributed by atoms with Gasteiger partial charge >= 0.3 is 0 Å². The number of aromatic nitrogens is 2. The minimum absolute atomic E-state index is 0.419. The second kappa shape index (κ2) is 6.89. The van der Waals surface area contributed by atoms with Gasteiger partial charge in [-0.05, 0) is 68.3 Å². The molecule has 1 aromatic heterocycles. The molecule has 0 bridgehead atoms. The smallest absolute Gasteiger partial charge is 0.119 e. The summed E-state index contributed by atoms with van der Waals surface area (Å²) in [6.45, 7) is 7.30. The first-order valence-corrected chi connectivity index (χ1v) is 8.23. The van der Waals surface area contributed by atoms with Gasteiger partial charge in [0.05, 0.1) is 23.7 Å². The summed E-state index contributed by atoms with van der Waals surface area (Å²) >= 11 is 0. The zero-order chi connectivity index (χ0) is 17.1. The zero-order valence-electron chi connectivity index (χ0n) is 14.4. The molecule has 0 spiro atoms. The van der Waals surface area contributed by atoms with Crippen LogP contribution in [0.15, 0.2) is 48.5 Å². The van der Waals surface area contributed by atoms with Gasteiger partial charge in [0.1, 0.15) is 5.75 Å². The average molecular weight is 321 g/mol. The van der Waals surface area contributed by atoms with Gasteiger partial charge in [0.2, 0.25) is 0 Å². The van der Waals surface area contributed by atoms with Crippen LogP contribution in [0.3, 0.4) is 0 Å². The summed E-state index contributed by atoms with van der Waals surface area (Å²) in [5.74, 6) is 0.873. The fraction of sp³-hybridized carbons (Fsp3) is 0.250. The van der Waals surface area contributed by atoms with Crippen LogP contribution < -0.4 is 10.5 Å². The summed E-state index contributed by atoms with van der Waals surface area (Å²) in [6.07, 6.45) is 0. The molecule has 2 N–H and O–H groups in total. The number of benzene rings is 2. The van der Waals surface area contributed by atoms with Gasteiger partial charge in [-0.2, -0.15) is 5.10 Å². The number of rotatable bonds is 5. The van der Waals surface area contributed by atoms with E-state index in [1.165, 1.54) is 11.1 Å². The molecule has 2 aromatic carbocycles. The van der Waals surface area contributed by atoms with Gasteiger partial charge in [-0.3, -0.25) is 0 Å². The molecule has 4 heteroatoms. The molecule has 0 radical (unpaired) electrons. The molecule has 4 nitrogen and oxygen atoms in total. The Labute approximate surface area is 142 Å². The molecule has 0 aliphatic carbocycles. The van der Waals surface area contributed by atoms with Gasteiger partial charge in [-0.25, -0.2) is 4.68 Å². The number of hydrogen-bond acceptors (Lipinski definition) is 3. The lowest BCUT2D eigenvalue weighted by atomic mass is 10.1. The highest BCUT2D eigenvalue weighted by Gasteiger charge is 2.13. The number of aryl methyl sites for hydroxylation is 1. The largest absolute Gasteiger partial charge is 0.494 e. The monoisotopic (exact) mass is 321 g/mol. The minimum atomic E-state index is 0.419. The third-order valence-electron chi connectivity index (χ3n) is 4.23. The van der Waals surface area contributed by atoms with Crippen LogP contribution >= 0.6 is 0 Å². The van der Waals surface area contributed by atoms with Crippen molar-refractivity contribution in [3.8, 4) is 22.7 Å². The Morgan fingerprint density at radius 3 is 2.50 bits per heavy atom. The zero-order valence-corrected chi connectivity index (χ0v) is 14.4. The van der Waals surface area contributed by atoms with Crippen LogP contribution in [-0.4, -0.2) is 16.4 Å². The normalized spacial score (nSPS) is 10.8. The maximum atomic E-state index is 5.82. The van der Waals surface area contributed by atoms with Crippen LogP contribution in [0, 0.1) is 13.8 Å². The van der Waals surface area contributed by atoms with E-state index in [0.717, 1.165) is 28.4 Å². The first kappa shape index (κ1) is 16.3. The first-order chi connectivity index (χ1) is 11.6. The van der Waals surface area contributed by atoms with Crippen LogP contribution in [0.5, 0.6) is 5.75 Å². The van der Waals surface area contributed by atoms with Gasteiger partial charge < -0.3 is 10.5 Å². The van der Waals surface area contributed by atoms with E-state index in [1.807, 2.05) is 23.7 Å².